The van der Waals surface area contributed by atoms with Crippen molar-refractivity contribution < 1.29 is 0 Å². The lowest BCUT2D eigenvalue weighted by Crippen LogP contribution is -1.95. The first-order valence-corrected chi connectivity index (χ1v) is 11.5. The van der Waals surface area contributed by atoms with Crippen LogP contribution in [0, 0.1) is 6.92 Å². The second-order valence-electron chi connectivity index (χ2n) is 7.97. The number of aromatic nitrogens is 2. The highest BCUT2D eigenvalue weighted by Gasteiger charge is 2.09. The lowest BCUT2D eigenvalue weighted by Gasteiger charge is -2.08. The van der Waals surface area contributed by atoms with Crippen LogP contribution >= 0.6 is 11.3 Å². The van der Waals surface area contributed by atoms with Crippen LogP contribution in [0.2, 0.25) is 0 Å². The Kier molecular flexibility index (Phi) is 4.55. The van der Waals surface area contributed by atoms with Crippen molar-refractivity contribution in [1.29, 1.82) is 0 Å². The maximum Gasteiger partial charge on any atom is 0.160 e. The molecule has 0 aliphatic carbocycles. The summed E-state index contributed by atoms with van der Waals surface area (Å²) in [6.07, 6.45) is 0. The quantitative estimate of drug-likeness (QED) is 0.284. The van der Waals surface area contributed by atoms with E-state index in [-0.39, 0.29) is 0 Å². The van der Waals surface area contributed by atoms with Crippen molar-refractivity contribution in [1.82, 2.24) is 9.97 Å². The van der Waals surface area contributed by atoms with E-state index >= 15 is 0 Å². The predicted octanol–water partition coefficient (Wildman–Crippen LogP) is 8.15. The van der Waals surface area contributed by atoms with E-state index in [0.717, 1.165) is 28.3 Å². The van der Waals surface area contributed by atoms with Gasteiger partial charge in [0.25, 0.3) is 0 Å². The SMILES string of the molecule is Cc1cc(-c2ccc(-c3ccc4c(c3)sc3ccccc34)cc2)nc(-c2ccccc2)n1. The molecule has 0 unspecified atom stereocenters. The standard InChI is InChI=1S/C29H20N2S/c1-19-17-26(31-29(30-19)22-7-3-2-4-8-22)21-13-11-20(12-14-21)23-15-16-25-24-9-5-6-10-27(24)32-28(25)18-23/h2-18H,1H3. The number of hydrogen-bond acceptors (Lipinski definition) is 3. The number of rotatable bonds is 3. The van der Waals surface area contributed by atoms with E-state index in [1.807, 2.05) is 54.7 Å². The van der Waals surface area contributed by atoms with Crippen LogP contribution in [0.15, 0.2) is 103 Å². The number of hydrogen-bond donors (Lipinski definition) is 0. The van der Waals surface area contributed by atoms with Crippen molar-refractivity contribution in [3.05, 3.63) is 109 Å². The molecule has 0 aliphatic heterocycles. The van der Waals surface area contributed by atoms with E-state index < -0.39 is 0 Å². The van der Waals surface area contributed by atoms with Crippen LogP contribution in [0.4, 0.5) is 0 Å². The van der Waals surface area contributed by atoms with E-state index in [2.05, 4.69) is 71.7 Å². The highest BCUT2D eigenvalue weighted by atomic mass is 32.1. The van der Waals surface area contributed by atoms with Gasteiger partial charge in [-0.2, -0.15) is 0 Å². The number of nitrogens with zero attached hydrogens (tertiary/aromatic N) is 2. The number of thiophene rings is 1. The molecule has 2 aromatic heterocycles. The molecule has 0 saturated carbocycles. The van der Waals surface area contributed by atoms with Crippen molar-refractivity contribution >= 4 is 31.5 Å². The molecular weight excluding hydrogens is 408 g/mol. The van der Waals surface area contributed by atoms with Crippen molar-refractivity contribution in [2.45, 2.75) is 6.92 Å². The zero-order valence-electron chi connectivity index (χ0n) is 17.6. The molecule has 0 N–H and O–H groups in total. The maximum atomic E-state index is 4.83. The average molecular weight is 429 g/mol. The van der Waals surface area contributed by atoms with Gasteiger partial charge in [0, 0.05) is 37.0 Å². The molecule has 0 atom stereocenters. The third kappa shape index (κ3) is 3.37. The van der Waals surface area contributed by atoms with Gasteiger partial charge in [-0.05, 0) is 36.2 Å². The summed E-state index contributed by atoms with van der Waals surface area (Å²) in [5, 5.41) is 2.67. The van der Waals surface area contributed by atoms with Crippen molar-refractivity contribution in [2.24, 2.45) is 0 Å². The molecule has 0 aliphatic rings. The van der Waals surface area contributed by atoms with E-state index in [1.54, 1.807) is 0 Å². The van der Waals surface area contributed by atoms with Gasteiger partial charge >= 0.3 is 0 Å². The zero-order chi connectivity index (χ0) is 21.5. The smallest absolute Gasteiger partial charge is 0.160 e. The average Bonchev–Trinajstić information content (AvgIpc) is 3.22. The summed E-state index contributed by atoms with van der Waals surface area (Å²) in [7, 11) is 0. The molecule has 6 rings (SSSR count). The Morgan fingerprint density at radius 1 is 0.531 bits per heavy atom. The third-order valence-corrected chi connectivity index (χ3v) is 6.91. The molecule has 3 heteroatoms. The molecule has 0 amide bonds. The Hall–Kier alpha value is -3.82. The van der Waals surface area contributed by atoms with Crippen LogP contribution < -0.4 is 0 Å². The first kappa shape index (κ1) is 18.9. The van der Waals surface area contributed by atoms with Gasteiger partial charge in [-0.3, -0.25) is 0 Å². The first-order valence-electron chi connectivity index (χ1n) is 10.7. The van der Waals surface area contributed by atoms with Gasteiger partial charge in [0.15, 0.2) is 5.82 Å². The number of aryl methyl sites for hydroxylation is 1. The molecule has 0 spiro atoms. The summed E-state index contributed by atoms with van der Waals surface area (Å²) < 4.78 is 2.66. The number of fused-ring (bicyclic) bond motifs is 3. The first-order chi connectivity index (χ1) is 15.7. The van der Waals surface area contributed by atoms with Gasteiger partial charge in [-0.15, -0.1) is 11.3 Å². The van der Waals surface area contributed by atoms with Crippen LogP contribution in [0.5, 0.6) is 0 Å². The Balaban J connectivity index is 1.36. The molecule has 0 bridgehead atoms. The monoisotopic (exact) mass is 428 g/mol. The van der Waals surface area contributed by atoms with Gasteiger partial charge in [-0.25, -0.2) is 9.97 Å². The van der Waals surface area contributed by atoms with E-state index in [9.17, 15) is 0 Å². The molecule has 0 saturated heterocycles. The topological polar surface area (TPSA) is 25.8 Å². The summed E-state index contributed by atoms with van der Waals surface area (Å²) in [6, 6.07) is 36.2. The fourth-order valence-corrected chi connectivity index (χ4v) is 5.32. The molecule has 0 fully saturated rings. The van der Waals surface area contributed by atoms with Gasteiger partial charge < -0.3 is 0 Å². The summed E-state index contributed by atoms with van der Waals surface area (Å²) >= 11 is 1.85. The normalized spacial score (nSPS) is 11.3. The van der Waals surface area contributed by atoms with Crippen LogP contribution in [-0.2, 0) is 0 Å². The van der Waals surface area contributed by atoms with E-state index in [1.165, 1.54) is 31.3 Å². The number of benzene rings is 4. The second kappa shape index (κ2) is 7.70. The van der Waals surface area contributed by atoms with Crippen LogP contribution in [0.1, 0.15) is 5.69 Å². The second-order valence-corrected chi connectivity index (χ2v) is 9.05. The van der Waals surface area contributed by atoms with E-state index in [4.69, 9.17) is 4.98 Å². The van der Waals surface area contributed by atoms with Crippen LogP contribution in [-0.4, -0.2) is 9.97 Å². The van der Waals surface area contributed by atoms with Gasteiger partial charge in [0.2, 0.25) is 0 Å². The highest BCUT2D eigenvalue weighted by Crippen LogP contribution is 2.36. The minimum absolute atomic E-state index is 0.764. The summed E-state index contributed by atoms with van der Waals surface area (Å²) in [5.74, 6) is 0.764. The Morgan fingerprint density at radius 3 is 2.06 bits per heavy atom. The molecular formula is C29H20N2S. The van der Waals surface area contributed by atoms with Gasteiger partial charge in [-0.1, -0.05) is 84.9 Å². The Labute approximate surface area is 190 Å². The van der Waals surface area contributed by atoms with Gasteiger partial charge in [0.1, 0.15) is 0 Å². The summed E-state index contributed by atoms with van der Waals surface area (Å²) in [5.41, 5.74) is 6.49. The molecule has 4 aromatic carbocycles. The lowest BCUT2D eigenvalue weighted by molar-refractivity contribution is 1.11. The molecule has 152 valence electrons. The van der Waals surface area contributed by atoms with Crippen LogP contribution in [0.25, 0.3) is 53.9 Å². The largest absolute Gasteiger partial charge is 0.233 e. The zero-order valence-corrected chi connectivity index (χ0v) is 18.4. The van der Waals surface area contributed by atoms with Gasteiger partial charge in [0.05, 0.1) is 5.69 Å². The molecule has 32 heavy (non-hydrogen) atoms. The summed E-state index contributed by atoms with van der Waals surface area (Å²) in [4.78, 5) is 9.46. The van der Waals surface area contributed by atoms with Crippen molar-refractivity contribution in [3.8, 4) is 33.8 Å². The lowest BCUT2D eigenvalue weighted by atomic mass is 10.0. The fraction of sp³-hybridized carbons (Fsp3) is 0.0345. The van der Waals surface area contributed by atoms with Crippen molar-refractivity contribution in [3.63, 3.8) is 0 Å². The maximum absolute atomic E-state index is 4.83. The van der Waals surface area contributed by atoms with E-state index in [0.29, 0.717) is 0 Å². The third-order valence-electron chi connectivity index (χ3n) is 5.78. The molecule has 6 aromatic rings. The highest BCUT2D eigenvalue weighted by molar-refractivity contribution is 7.25. The van der Waals surface area contributed by atoms with Crippen LogP contribution in [0.3, 0.4) is 0 Å². The molecule has 0 radical (unpaired) electrons. The summed E-state index contributed by atoms with van der Waals surface area (Å²) in [6.45, 7) is 2.02. The Bertz CT molecular complexity index is 1560. The Morgan fingerprint density at radius 2 is 1.22 bits per heavy atom. The molecule has 2 heterocycles. The fourth-order valence-electron chi connectivity index (χ4n) is 4.17. The minimum Gasteiger partial charge on any atom is -0.233 e. The molecule has 2 nitrogen and oxygen atoms in total. The predicted molar refractivity (Wildman–Crippen MR) is 136 cm³/mol. The minimum atomic E-state index is 0.764. The van der Waals surface area contributed by atoms with Crippen molar-refractivity contribution in [2.75, 3.05) is 0 Å².